The molecular weight excluding hydrogens is 282 g/mol. The van der Waals surface area contributed by atoms with E-state index < -0.39 is 5.63 Å². The van der Waals surface area contributed by atoms with Gasteiger partial charge in [0.15, 0.2) is 5.78 Å². The molecule has 5 heteroatoms. The molecule has 2 unspecified atom stereocenters. The van der Waals surface area contributed by atoms with Crippen molar-refractivity contribution in [2.75, 3.05) is 7.05 Å². The van der Waals surface area contributed by atoms with Gasteiger partial charge in [-0.25, -0.2) is 4.79 Å². The van der Waals surface area contributed by atoms with E-state index in [1.807, 2.05) is 33.2 Å². The monoisotopic (exact) mass is 307 g/mol. The van der Waals surface area contributed by atoms with Crippen LogP contribution < -0.4 is 10.9 Å². The molecule has 1 rings (SSSR count). The maximum atomic E-state index is 12.1. The zero-order valence-corrected chi connectivity index (χ0v) is 13.7. The van der Waals surface area contributed by atoms with Crippen molar-refractivity contribution in [2.24, 2.45) is 5.92 Å². The van der Waals surface area contributed by atoms with E-state index in [0.29, 0.717) is 12.2 Å². The molecule has 1 aromatic heterocycles. The summed E-state index contributed by atoms with van der Waals surface area (Å²) in [7, 11) is 1.82. The second-order valence-corrected chi connectivity index (χ2v) is 5.54. The van der Waals surface area contributed by atoms with Crippen molar-refractivity contribution >= 4 is 5.78 Å². The molecule has 2 atom stereocenters. The minimum atomic E-state index is -0.752. The summed E-state index contributed by atoms with van der Waals surface area (Å²) < 4.78 is 5.25. The molecule has 0 aliphatic carbocycles. The molecule has 22 heavy (non-hydrogen) atoms. The predicted molar refractivity (Wildman–Crippen MR) is 86.3 cm³/mol. The van der Waals surface area contributed by atoms with Gasteiger partial charge in [0.05, 0.1) is 0 Å². The number of carbonyl (C=O) groups excluding carboxylic acids is 1. The quantitative estimate of drug-likeness (QED) is 0.721. The molecule has 122 valence electrons. The first-order chi connectivity index (χ1) is 10.4. The summed E-state index contributed by atoms with van der Waals surface area (Å²) in [5.74, 6) is -0.586. The van der Waals surface area contributed by atoms with Crippen LogP contribution in [0.15, 0.2) is 27.6 Å². The lowest BCUT2D eigenvalue weighted by atomic mass is 9.96. The normalized spacial score (nSPS) is 14.0. The number of hydrogen-bond acceptors (Lipinski definition) is 5. The highest BCUT2D eigenvalue weighted by Gasteiger charge is 2.24. The van der Waals surface area contributed by atoms with Crippen LogP contribution >= 0.6 is 0 Å². The Balaban J connectivity index is 2.96. The topological polar surface area (TPSA) is 79.5 Å². The van der Waals surface area contributed by atoms with Crippen LogP contribution in [0.25, 0.3) is 0 Å². The maximum absolute atomic E-state index is 12.1. The fourth-order valence-electron chi connectivity index (χ4n) is 2.09. The summed E-state index contributed by atoms with van der Waals surface area (Å²) in [5.41, 5.74) is -0.988. The molecule has 0 saturated heterocycles. The molecular formula is C17H25NO4. The van der Waals surface area contributed by atoms with E-state index in [-0.39, 0.29) is 28.9 Å². The standard InChI is InChI=1S/C17H25NO4/c1-5-11(2)16(20)15-13(19)10-14(22-17(15)21)12(3)8-6-7-9-18-4/h7,9-12,18-19H,5-6,8H2,1-4H3/b9-7+. The van der Waals surface area contributed by atoms with Crippen LogP contribution in [-0.2, 0) is 0 Å². The van der Waals surface area contributed by atoms with Crippen LogP contribution in [0.4, 0.5) is 0 Å². The van der Waals surface area contributed by atoms with E-state index in [0.717, 1.165) is 12.8 Å². The lowest BCUT2D eigenvalue weighted by Crippen LogP contribution is -2.20. The van der Waals surface area contributed by atoms with Gasteiger partial charge in [-0.2, -0.15) is 0 Å². The van der Waals surface area contributed by atoms with Crippen molar-refractivity contribution in [2.45, 2.75) is 46.0 Å². The molecule has 2 N–H and O–H groups in total. The third kappa shape index (κ3) is 4.48. The number of nitrogens with one attached hydrogen (secondary N) is 1. The summed E-state index contributed by atoms with van der Waals surface area (Å²) in [6.07, 6.45) is 6.02. The first kappa shape index (κ1) is 18.0. The van der Waals surface area contributed by atoms with Gasteiger partial charge in [-0.05, 0) is 25.5 Å². The number of aromatic hydroxyl groups is 1. The van der Waals surface area contributed by atoms with E-state index in [4.69, 9.17) is 4.42 Å². The summed E-state index contributed by atoms with van der Waals surface area (Å²) in [6, 6.07) is 1.39. The average molecular weight is 307 g/mol. The zero-order valence-electron chi connectivity index (χ0n) is 13.7. The maximum Gasteiger partial charge on any atom is 0.350 e. The first-order valence-electron chi connectivity index (χ1n) is 7.65. The van der Waals surface area contributed by atoms with Gasteiger partial charge in [-0.1, -0.05) is 26.8 Å². The third-order valence-electron chi connectivity index (χ3n) is 3.79. The van der Waals surface area contributed by atoms with Crippen molar-refractivity contribution in [3.05, 3.63) is 40.1 Å². The van der Waals surface area contributed by atoms with Gasteiger partial charge in [0, 0.05) is 24.9 Å². The fourth-order valence-corrected chi connectivity index (χ4v) is 2.09. The Labute approximate surface area is 131 Å². The average Bonchev–Trinajstić information content (AvgIpc) is 2.49. The number of allylic oxidation sites excluding steroid dienone is 1. The van der Waals surface area contributed by atoms with Crippen LogP contribution in [0.2, 0.25) is 0 Å². The minimum absolute atomic E-state index is 0.0205. The van der Waals surface area contributed by atoms with Crippen LogP contribution in [-0.4, -0.2) is 17.9 Å². The SMILES string of the molecule is CCC(C)C(=O)c1c(O)cc(C(C)CC/C=C/NC)oc1=O. The van der Waals surface area contributed by atoms with E-state index in [1.165, 1.54) is 6.07 Å². The van der Waals surface area contributed by atoms with Crippen LogP contribution in [0, 0.1) is 5.92 Å². The Morgan fingerprint density at radius 3 is 2.68 bits per heavy atom. The molecule has 0 aliphatic rings. The van der Waals surface area contributed by atoms with Crippen LogP contribution in [0.5, 0.6) is 5.75 Å². The Kier molecular flexibility index (Phi) is 6.89. The molecule has 0 aliphatic heterocycles. The van der Waals surface area contributed by atoms with E-state index in [1.54, 1.807) is 6.92 Å². The molecule has 0 bridgehead atoms. The lowest BCUT2D eigenvalue weighted by molar-refractivity contribution is 0.0919. The number of carbonyl (C=O) groups is 1. The molecule has 0 spiro atoms. The summed E-state index contributed by atoms with van der Waals surface area (Å²) in [4.78, 5) is 24.1. The van der Waals surface area contributed by atoms with Gasteiger partial charge in [-0.3, -0.25) is 4.79 Å². The zero-order chi connectivity index (χ0) is 16.7. The minimum Gasteiger partial charge on any atom is -0.507 e. The van der Waals surface area contributed by atoms with Gasteiger partial charge in [0.25, 0.3) is 0 Å². The van der Waals surface area contributed by atoms with Crippen LogP contribution in [0.1, 0.15) is 62.1 Å². The predicted octanol–water partition coefficient (Wildman–Crippen LogP) is 3.19. The Bertz CT molecular complexity index is 589. The van der Waals surface area contributed by atoms with Gasteiger partial charge >= 0.3 is 5.63 Å². The molecule has 1 heterocycles. The largest absolute Gasteiger partial charge is 0.507 e. The molecule has 1 aromatic rings. The van der Waals surface area contributed by atoms with Gasteiger partial charge < -0.3 is 14.8 Å². The summed E-state index contributed by atoms with van der Waals surface area (Å²) in [5, 5.41) is 12.9. The second kappa shape index (κ2) is 8.41. The molecule has 0 amide bonds. The van der Waals surface area contributed by atoms with Crippen molar-refractivity contribution in [3.63, 3.8) is 0 Å². The molecule has 5 nitrogen and oxygen atoms in total. The Hall–Kier alpha value is -2.04. The highest BCUT2D eigenvalue weighted by Crippen LogP contribution is 2.26. The van der Waals surface area contributed by atoms with E-state index in [2.05, 4.69) is 5.32 Å². The highest BCUT2D eigenvalue weighted by atomic mass is 16.4. The molecule has 0 fully saturated rings. The second-order valence-electron chi connectivity index (χ2n) is 5.54. The first-order valence-corrected chi connectivity index (χ1v) is 7.65. The number of hydrogen-bond donors (Lipinski definition) is 2. The molecule has 0 radical (unpaired) electrons. The molecule has 0 saturated carbocycles. The highest BCUT2D eigenvalue weighted by molar-refractivity contribution is 5.99. The number of ketones is 1. The fraction of sp³-hybridized carbons (Fsp3) is 0.529. The summed E-state index contributed by atoms with van der Waals surface area (Å²) in [6.45, 7) is 5.50. The Morgan fingerprint density at radius 2 is 2.14 bits per heavy atom. The smallest absolute Gasteiger partial charge is 0.350 e. The van der Waals surface area contributed by atoms with Crippen molar-refractivity contribution in [1.82, 2.24) is 5.32 Å². The van der Waals surface area contributed by atoms with E-state index >= 15 is 0 Å². The number of Topliss-reactive ketones (excluding diaryl/α,β-unsaturated/α-hetero) is 1. The molecule has 0 aromatic carbocycles. The Morgan fingerprint density at radius 1 is 1.45 bits per heavy atom. The lowest BCUT2D eigenvalue weighted by Gasteiger charge is -2.12. The van der Waals surface area contributed by atoms with E-state index in [9.17, 15) is 14.7 Å². The van der Waals surface area contributed by atoms with Crippen molar-refractivity contribution in [3.8, 4) is 5.75 Å². The number of rotatable bonds is 8. The van der Waals surface area contributed by atoms with Crippen molar-refractivity contribution in [1.29, 1.82) is 0 Å². The van der Waals surface area contributed by atoms with Crippen LogP contribution in [0.3, 0.4) is 0 Å². The van der Waals surface area contributed by atoms with Gasteiger partial charge in [0.1, 0.15) is 17.1 Å². The summed E-state index contributed by atoms with van der Waals surface area (Å²) >= 11 is 0. The third-order valence-corrected chi connectivity index (χ3v) is 3.79. The van der Waals surface area contributed by atoms with Gasteiger partial charge in [-0.15, -0.1) is 0 Å². The van der Waals surface area contributed by atoms with Gasteiger partial charge in [0.2, 0.25) is 0 Å². The van der Waals surface area contributed by atoms with Crippen molar-refractivity contribution < 1.29 is 14.3 Å².